The fraction of sp³-hybridized carbons (Fsp3) is 0.531. The molecule has 1 unspecified atom stereocenters. The molecule has 1 N–H and O–H groups in total. The summed E-state index contributed by atoms with van der Waals surface area (Å²) in [5.74, 6) is 0.0566. The average molecular weight is 561 g/mol. The lowest BCUT2D eigenvalue weighted by molar-refractivity contribution is -0.117. The zero-order valence-electron chi connectivity index (χ0n) is 24.2. The Hall–Kier alpha value is -3.59. The number of ether oxygens (including phenoxy) is 2. The van der Waals surface area contributed by atoms with Crippen LogP contribution >= 0.6 is 0 Å². The number of benzene rings is 2. The minimum atomic E-state index is -0.601. The van der Waals surface area contributed by atoms with Crippen molar-refractivity contribution in [1.29, 1.82) is 0 Å². The molecular formula is C32H40N4O5. The van der Waals surface area contributed by atoms with Crippen LogP contribution in [0.15, 0.2) is 48.5 Å². The van der Waals surface area contributed by atoms with Crippen LogP contribution in [0.2, 0.25) is 0 Å². The van der Waals surface area contributed by atoms with Crippen molar-refractivity contribution >= 4 is 29.3 Å². The molecule has 2 aromatic rings. The highest BCUT2D eigenvalue weighted by Gasteiger charge is 2.45. The second-order valence-electron chi connectivity index (χ2n) is 13.0. The first-order chi connectivity index (χ1) is 19.6. The largest absolute Gasteiger partial charge is 0.444 e. The SMILES string of the molecule is CC(C)(C)OC(=O)N1CCN(C(=O)c2ccc(NC(=O)C3CC3)cc2N2CCC3(COC3)C2)C(c2ccccc2)C1. The minimum Gasteiger partial charge on any atom is -0.444 e. The Balaban J connectivity index is 1.30. The van der Waals surface area contributed by atoms with Crippen LogP contribution in [0.1, 0.15) is 62.0 Å². The van der Waals surface area contributed by atoms with E-state index in [9.17, 15) is 14.4 Å². The number of nitrogens with one attached hydrogen (secondary N) is 1. The summed E-state index contributed by atoms with van der Waals surface area (Å²) in [7, 11) is 0. The van der Waals surface area contributed by atoms with Crippen LogP contribution in [0.5, 0.6) is 0 Å². The normalized spacial score (nSPS) is 21.9. The molecule has 41 heavy (non-hydrogen) atoms. The summed E-state index contributed by atoms with van der Waals surface area (Å²) >= 11 is 0. The van der Waals surface area contributed by atoms with Gasteiger partial charge in [-0.05, 0) is 63.8 Å². The molecule has 4 fully saturated rings. The van der Waals surface area contributed by atoms with E-state index in [1.54, 1.807) is 4.90 Å². The van der Waals surface area contributed by atoms with E-state index in [-0.39, 0.29) is 35.3 Å². The van der Waals surface area contributed by atoms with E-state index in [2.05, 4.69) is 10.2 Å². The Bertz CT molecular complexity index is 1320. The Kier molecular flexibility index (Phi) is 7.18. The van der Waals surface area contributed by atoms with Gasteiger partial charge in [-0.15, -0.1) is 0 Å². The van der Waals surface area contributed by atoms with Gasteiger partial charge in [0.15, 0.2) is 0 Å². The Morgan fingerprint density at radius 3 is 2.39 bits per heavy atom. The van der Waals surface area contributed by atoms with E-state index >= 15 is 0 Å². The number of piperazine rings is 1. The number of carbonyl (C=O) groups is 3. The highest BCUT2D eigenvalue weighted by Crippen LogP contribution is 2.42. The predicted octanol–water partition coefficient (Wildman–Crippen LogP) is 4.70. The molecule has 0 aromatic heterocycles. The van der Waals surface area contributed by atoms with E-state index in [1.807, 2.05) is 74.2 Å². The van der Waals surface area contributed by atoms with Crippen LogP contribution in [-0.4, -0.2) is 79.2 Å². The second-order valence-corrected chi connectivity index (χ2v) is 13.0. The first-order valence-corrected chi connectivity index (χ1v) is 14.7. The van der Waals surface area contributed by atoms with Crippen molar-refractivity contribution in [2.45, 2.75) is 51.7 Å². The molecular weight excluding hydrogens is 520 g/mol. The molecule has 218 valence electrons. The van der Waals surface area contributed by atoms with Crippen LogP contribution in [-0.2, 0) is 14.3 Å². The minimum absolute atomic E-state index is 0.0442. The van der Waals surface area contributed by atoms with Crippen molar-refractivity contribution in [1.82, 2.24) is 9.80 Å². The van der Waals surface area contributed by atoms with Crippen LogP contribution in [0, 0.1) is 11.3 Å². The van der Waals surface area contributed by atoms with E-state index in [1.165, 1.54) is 0 Å². The smallest absolute Gasteiger partial charge is 0.410 e. The van der Waals surface area contributed by atoms with Crippen molar-refractivity contribution in [3.05, 3.63) is 59.7 Å². The molecule has 1 atom stereocenters. The fourth-order valence-corrected chi connectivity index (χ4v) is 6.04. The average Bonchev–Trinajstić information content (AvgIpc) is 3.69. The standard InChI is InChI=1S/C32H40N4O5/c1-31(2,3)41-30(39)34-15-16-36(27(18-34)22-7-5-4-6-8-22)29(38)25-12-11-24(33-28(37)23-9-10-23)17-26(25)35-14-13-32(19-35)20-40-21-32/h4-8,11-12,17,23,27H,9-10,13-16,18-21H2,1-3H3,(H,33,37). The summed E-state index contributed by atoms with van der Waals surface area (Å²) in [6.07, 6.45) is 2.51. The van der Waals surface area contributed by atoms with Crippen molar-refractivity contribution in [3.63, 3.8) is 0 Å². The number of nitrogens with zero attached hydrogens (tertiary/aromatic N) is 3. The van der Waals surface area contributed by atoms with Crippen molar-refractivity contribution < 1.29 is 23.9 Å². The molecule has 0 radical (unpaired) electrons. The van der Waals surface area contributed by atoms with Gasteiger partial charge in [0.05, 0.1) is 30.5 Å². The molecule has 6 rings (SSSR count). The fourth-order valence-electron chi connectivity index (χ4n) is 6.04. The van der Waals surface area contributed by atoms with Gasteiger partial charge in [-0.2, -0.15) is 0 Å². The molecule has 4 aliphatic rings. The summed E-state index contributed by atoms with van der Waals surface area (Å²) in [6, 6.07) is 15.2. The molecule has 1 aliphatic carbocycles. The molecule has 9 nitrogen and oxygen atoms in total. The van der Waals surface area contributed by atoms with Gasteiger partial charge < -0.3 is 29.5 Å². The predicted molar refractivity (Wildman–Crippen MR) is 156 cm³/mol. The van der Waals surface area contributed by atoms with Crippen LogP contribution < -0.4 is 10.2 Å². The third kappa shape index (κ3) is 5.91. The first kappa shape index (κ1) is 27.6. The lowest BCUT2D eigenvalue weighted by Gasteiger charge is -2.42. The molecule has 1 saturated carbocycles. The lowest BCUT2D eigenvalue weighted by atomic mass is 9.85. The summed E-state index contributed by atoms with van der Waals surface area (Å²) in [4.78, 5) is 45.8. The van der Waals surface area contributed by atoms with Gasteiger partial charge in [0.1, 0.15) is 5.60 Å². The third-order valence-electron chi connectivity index (χ3n) is 8.52. The van der Waals surface area contributed by atoms with Gasteiger partial charge in [0.2, 0.25) is 5.91 Å². The second kappa shape index (κ2) is 10.7. The topological polar surface area (TPSA) is 91.4 Å². The molecule has 3 heterocycles. The first-order valence-electron chi connectivity index (χ1n) is 14.7. The van der Waals surface area contributed by atoms with Crippen LogP contribution in [0.3, 0.4) is 0 Å². The number of hydrogen-bond acceptors (Lipinski definition) is 6. The molecule has 3 amide bonds. The van der Waals surface area contributed by atoms with E-state index in [4.69, 9.17) is 9.47 Å². The molecule has 3 saturated heterocycles. The maximum atomic E-state index is 14.4. The van der Waals surface area contributed by atoms with E-state index < -0.39 is 5.60 Å². The summed E-state index contributed by atoms with van der Waals surface area (Å²) in [6.45, 7) is 9.83. The quantitative estimate of drug-likeness (QED) is 0.570. The van der Waals surface area contributed by atoms with Gasteiger partial charge in [0, 0.05) is 49.7 Å². The van der Waals surface area contributed by atoms with Gasteiger partial charge in [-0.3, -0.25) is 9.59 Å². The number of carbonyl (C=O) groups excluding carboxylic acids is 3. The highest BCUT2D eigenvalue weighted by atomic mass is 16.6. The Morgan fingerprint density at radius 1 is 1.00 bits per heavy atom. The Morgan fingerprint density at radius 2 is 1.76 bits per heavy atom. The number of rotatable bonds is 5. The van der Waals surface area contributed by atoms with Crippen LogP contribution in [0.25, 0.3) is 0 Å². The van der Waals surface area contributed by atoms with Gasteiger partial charge in [-0.25, -0.2) is 4.79 Å². The van der Waals surface area contributed by atoms with E-state index in [0.29, 0.717) is 30.9 Å². The molecule has 0 bridgehead atoms. The zero-order chi connectivity index (χ0) is 28.8. The monoisotopic (exact) mass is 560 g/mol. The molecule has 3 aliphatic heterocycles. The molecule has 1 spiro atoms. The highest BCUT2D eigenvalue weighted by molar-refractivity contribution is 6.02. The summed E-state index contributed by atoms with van der Waals surface area (Å²) < 4.78 is 11.2. The Labute approximate surface area is 241 Å². The summed E-state index contributed by atoms with van der Waals surface area (Å²) in [5.41, 5.74) is 2.67. The van der Waals surface area contributed by atoms with Crippen LogP contribution in [0.4, 0.5) is 16.2 Å². The van der Waals surface area contributed by atoms with Crippen molar-refractivity contribution in [3.8, 4) is 0 Å². The van der Waals surface area contributed by atoms with E-state index in [0.717, 1.165) is 56.8 Å². The van der Waals surface area contributed by atoms with Gasteiger partial charge in [-0.1, -0.05) is 30.3 Å². The number of amides is 3. The number of anilines is 2. The lowest BCUT2D eigenvalue weighted by Crippen LogP contribution is -2.53. The van der Waals surface area contributed by atoms with Gasteiger partial charge in [0.25, 0.3) is 5.91 Å². The molecule has 2 aromatic carbocycles. The summed E-state index contributed by atoms with van der Waals surface area (Å²) in [5, 5.41) is 3.06. The third-order valence-corrected chi connectivity index (χ3v) is 8.52. The van der Waals surface area contributed by atoms with Crippen molar-refractivity contribution in [2.24, 2.45) is 11.3 Å². The van der Waals surface area contributed by atoms with Crippen molar-refractivity contribution in [2.75, 3.05) is 56.2 Å². The maximum absolute atomic E-state index is 14.4. The maximum Gasteiger partial charge on any atom is 0.410 e. The number of hydrogen-bond donors (Lipinski definition) is 1. The molecule has 9 heteroatoms. The zero-order valence-corrected chi connectivity index (χ0v) is 24.2. The van der Waals surface area contributed by atoms with Gasteiger partial charge >= 0.3 is 6.09 Å².